The lowest BCUT2D eigenvalue weighted by molar-refractivity contribution is 1.09. The quantitative estimate of drug-likeness (QED) is 0.689. The van der Waals surface area contributed by atoms with E-state index < -0.39 is 0 Å². The molecule has 0 saturated heterocycles. The third-order valence-corrected chi connectivity index (χ3v) is 1.70. The second kappa shape index (κ2) is 5.36. The predicted molar refractivity (Wildman–Crippen MR) is 57.2 cm³/mol. The molecular formula is C11H16N2. The van der Waals surface area contributed by atoms with Crippen molar-refractivity contribution in [2.24, 2.45) is 0 Å². The molecule has 1 rings (SSSR count). The lowest BCUT2D eigenvalue weighted by Crippen LogP contribution is -1.87. The smallest absolute Gasteiger partial charge is 0.136 e. The normalized spacial score (nSPS) is 11.8. The molecule has 0 spiro atoms. The average Bonchev–Trinajstić information content (AvgIpc) is 2.59. The second-order valence-corrected chi connectivity index (χ2v) is 2.80. The molecule has 0 bridgehead atoms. The monoisotopic (exact) mass is 176 g/mol. The van der Waals surface area contributed by atoms with E-state index in [2.05, 4.69) is 31.0 Å². The van der Waals surface area contributed by atoms with E-state index in [1.807, 2.05) is 29.2 Å². The summed E-state index contributed by atoms with van der Waals surface area (Å²) >= 11 is 0. The fraction of sp³-hybridized carbons (Fsp3) is 0.364. The molecule has 13 heavy (non-hydrogen) atoms. The van der Waals surface area contributed by atoms with Gasteiger partial charge in [0.2, 0.25) is 0 Å². The Kier molecular flexibility index (Phi) is 4.03. The predicted octanol–water partition coefficient (Wildman–Crippen LogP) is 3.19. The largest absolute Gasteiger partial charge is 0.307 e. The van der Waals surface area contributed by atoms with Crippen LogP contribution < -0.4 is 0 Å². The molecule has 0 atom stereocenters. The molecule has 0 aromatic carbocycles. The Bertz CT molecular complexity index is 266. The van der Waals surface area contributed by atoms with Crippen molar-refractivity contribution in [3.63, 3.8) is 0 Å². The third kappa shape index (κ3) is 2.90. The number of aromatic nitrogens is 2. The van der Waals surface area contributed by atoms with Crippen LogP contribution in [0, 0.1) is 0 Å². The van der Waals surface area contributed by atoms with Crippen LogP contribution in [0.15, 0.2) is 24.5 Å². The van der Waals surface area contributed by atoms with Gasteiger partial charge in [0.1, 0.15) is 5.82 Å². The Hall–Kier alpha value is -1.31. The summed E-state index contributed by atoms with van der Waals surface area (Å²) in [5.41, 5.74) is 0. The van der Waals surface area contributed by atoms with Crippen LogP contribution in [-0.2, 0) is 0 Å². The summed E-state index contributed by atoms with van der Waals surface area (Å²) in [6.07, 6.45) is 14.2. The van der Waals surface area contributed by atoms with Crippen molar-refractivity contribution in [3.8, 4) is 0 Å². The van der Waals surface area contributed by atoms with Crippen molar-refractivity contribution in [2.45, 2.75) is 26.7 Å². The van der Waals surface area contributed by atoms with E-state index in [0.29, 0.717) is 0 Å². The molecule has 0 fully saturated rings. The number of nitrogens with zero attached hydrogens (tertiary/aromatic N) is 2. The summed E-state index contributed by atoms with van der Waals surface area (Å²) in [5, 5.41) is 0. The zero-order valence-electron chi connectivity index (χ0n) is 8.27. The van der Waals surface area contributed by atoms with Gasteiger partial charge >= 0.3 is 0 Å². The van der Waals surface area contributed by atoms with Crippen LogP contribution in [0.25, 0.3) is 12.3 Å². The summed E-state index contributed by atoms with van der Waals surface area (Å²) in [4.78, 5) is 4.23. The van der Waals surface area contributed by atoms with E-state index >= 15 is 0 Å². The first-order valence-electron chi connectivity index (χ1n) is 4.74. The molecule has 0 aliphatic rings. The van der Waals surface area contributed by atoms with Crippen LogP contribution >= 0.6 is 0 Å². The van der Waals surface area contributed by atoms with Gasteiger partial charge in [-0.2, -0.15) is 0 Å². The van der Waals surface area contributed by atoms with Gasteiger partial charge < -0.3 is 4.57 Å². The van der Waals surface area contributed by atoms with Crippen LogP contribution in [0.1, 0.15) is 32.5 Å². The summed E-state index contributed by atoms with van der Waals surface area (Å²) in [6, 6.07) is 0. The van der Waals surface area contributed by atoms with Gasteiger partial charge in [0.15, 0.2) is 0 Å². The standard InChI is InChI=1S/C11H16N2/c1-3-5-7-11-12-8-10-13(11)9-6-4-2/h5-10H,3-4H2,1-2H3/b7-5-,9-6-. The van der Waals surface area contributed by atoms with E-state index in [-0.39, 0.29) is 0 Å². The van der Waals surface area contributed by atoms with Crippen molar-refractivity contribution >= 4 is 12.3 Å². The van der Waals surface area contributed by atoms with Gasteiger partial charge in [-0.3, -0.25) is 0 Å². The first-order chi connectivity index (χ1) is 6.38. The zero-order valence-corrected chi connectivity index (χ0v) is 8.27. The minimum absolute atomic E-state index is 0.992. The van der Waals surface area contributed by atoms with Crippen LogP contribution in [0.3, 0.4) is 0 Å². The number of imidazole rings is 1. The van der Waals surface area contributed by atoms with Crippen LogP contribution in [-0.4, -0.2) is 9.55 Å². The number of hydrogen-bond donors (Lipinski definition) is 0. The molecule has 1 aromatic rings. The topological polar surface area (TPSA) is 17.8 Å². The Balaban J connectivity index is 2.76. The van der Waals surface area contributed by atoms with E-state index in [9.17, 15) is 0 Å². The molecule has 0 N–H and O–H groups in total. The Morgan fingerprint density at radius 2 is 2.08 bits per heavy atom. The highest BCUT2D eigenvalue weighted by atomic mass is 15.0. The Morgan fingerprint density at radius 3 is 2.77 bits per heavy atom. The fourth-order valence-electron chi connectivity index (χ4n) is 1.02. The molecule has 1 heterocycles. The van der Waals surface area contributed by atoms with Gasteiger partial charge in [0, 0.05) is 18.6 Å². The SMILES string of the molecule is CC/C=C\c1nccn1/C=C\CC. The lowest BCUT2D eigenvalue weighted by Gasteiger charge is -1.95. The van der Waals surface area contributed by atoms with Gasteiger partial charge in [-0.15, -0.1) is 0 Å². The van der Waals surface area contributed by atoms with E-state index in [1.165, 1.54) is 0 Å². The first kappa shape index (κ1) is 9.78. The molecule has 0 aliphatic carbocycles. The summed E-state index contributed by atoms with van der Waals surface area (Å²) in [7, 11) is 0. The highest BCUT2D eigenvalue weighted by Gasteiger charge is 1.92. The summed E-state index contributed by atoms with van der Waals surface area (Å²) in [6.45, 7) is 4.24. The molecule has 0 unspecified atom stereocenters. The van der Waals surface area contributed by atoms with Crippen molar-refractivity contribution in [1.82, 2.24) is 9.55 Å². The van der Waals surface area contributed by atoms with Crippen LogP contribution in [0.4, 0.5) is 0 Å². The summed E-state index contributed by atoms with van der Waals surface area (Å²) < 4.78 is 2.02. The number of allylic oxidation sites excluding steroid dienone is 2. The molecule has 0 radical (unpaired) electrons. The van der Waals surface area contributed by atoms with E-state index in [1.54, 1.807) is 0 Å². The Morgan fingerprint density at radius 1 is 1.31 bits per heavy atom. The molecular weight excluding hydrogens is 160 g/mol. The van der Waals surface area contributed by atoms with Gasteiger partial charge in [-0.05, 0) is 18.9 Å². The highest BCUT2D eigenvalue weighted by molar-refractivity contribution is 5.44. The third-order valence-electron chi connectivity index (χ3n) is 1.70. The number of hydrogen-bond acceptors (Lipinski definition) is 1. The molecule has 70 valence electrons. The minimum atomic E-state index is 0.992. The van der Waals surface area contributed by atoms with Crippen molar-refractivity contribution in [3.05, 3.63) is 30.4 Å². The molecule has 0 amide bonds. The van der Waals surface area contributed by atoms with Gasteiger partial charge in [-0.1, -0.05) is 26.0 Å². The van der Waals surface area contributed by atoms with E-state index in [4.69, 9.17) is 0 Å². The maximum atomic E-state index is 4.23. The van der Waals surface area contributed by atoms with Gasteiger partial charge in [-0.25, -0.2) is 4.98 Å². The van der Waals surface area contributed by atoms with Gasteiger partial charge in [0.05, 0.1) is 0 Å². The zero-order chi connectivity index (χ0) is 9.52. The van der Waals surface area contributed by atoms with Gasteiger partial charge in [0.25, 0.3) is 0 Å². The molecule has 0 saturated carbocycles. The minimum Gasteiger partial charge on any atom is -0.307 e. The van der Waals surface area contributed by atoms with Crippen LogP contribution in [0.5, 0.6) is 0 Å². The molecule has 2 heteroatoms. The molecule has 1 aromatic heterocycles. The second-order valence-electron chi connectivity index (χ2n) is 2.80. The summed E-state index contributed by atoms with van der Waals surface area (Å²) in [5.74, 6) is 0.992. The van der Waals surface area contributed by atoms with E-state index in [0.717, 1.165) is 18.7 Å². The average molecular weight is 176 g/mol. The number of rotatable bonds is 4. The highest BCUT2D eigenvalue weighted by Crippen LogP contribution is 2.02. The molecule has 0 aliphatic heterocycles. The first-order valence-corrected chi connectivity index (χ1v) is 4.74. The molecule has 2 nitrogen and oxygen atoms in total. The van der Waals surface area contributed by atoms with Crippen molar-refractivity contribution in [1.29, 1.82) is 0 Å². The van der Waals surface area contributed by atoms with Crippen LogP contribution in [0.2, 0.25) is 0 Å². The fourth-order valence-corrected chi connectivity index (χ4v) is 1.02. The Labute approximate surface area is 79.6 Å². The van der Waals surface area contributed by atoms with Crippen molar-refractivity contribution in [2.75, 3.05) is 0 Å². The maximum Gasteiger partial charge on any atom is 0.136 e. The van der Waals surface area contributed by atoms with Crippen molar-refractivity contribution < 1.29 is 0 Å². The maximum absolute atomic E-state index is 4.23. The lowest BCUT2D eigenvalue weighted by atomic mass is 10.4.